The second-order valence-electron chi connectivity index (χ2n) is 7.27. The number of hydrogen-bond acceptors (Lipinski definition) is 5. The van der Waals surface area contributed by atoms with Gasteiger partial charge in [0.15, 0.2) is 0 Å². The Labute approximate surface area is 149 Å². The van der Waals surface area contributed by atoms with Crippen LogP contribution in [0.2, 0.25) is 0 Å². The Kier molecular flexibility index (Phi) is 5.93. The fourth-order valence-electron chi connectivity index (χ4n) is 3.78. The SMILES string of the molecule is CC(=O)Nc1ccc(OCC(O)CN2CCC3(CCOCC3)C2)cc1. The third kappa shape index (κ3) is 5.17. The van der Waals surface area contributed by atoms with Crippen LogP contribution in [0.5, 0.6) is 5.75 Å². The number of anilines is 1. The Bertz CT molecular complexity index is 569. The lowest BCUT2D eigenvalue weighted by Crippen LogP contribution is -2.37. The van der Waals surface area contributed by atoms with E-state index in [-0.39, 0.29) is 12.5 Å². The van der Waals surface area contributed by atoms with E-state index in [0.717, 1.165) is 44.8 Å². The molecule has 1 aromatic carbocycles. The summed E-state index contributed by atoms with van der Waals surface area (Å²) in [7, 11) is 0. The van der Waals surface area contributed by atoms with E-state index in [4.69, 9.17) is 9.47 Å². The largest absolute Gasteiger partial charge is 0.491 e. The monoisotopic (exact) mass is 348 g/mol. The second kappa shape index (κ2) is 8.17. The molecule has 2 aliphatic heterocycles. The van der Waals surface area contributed by atoms with Crippen LogP contribution < -0.4 is 10.1 Å². The fourth-order valence-corrected chi connectivity index (χ4v) is 3.78. The van der Waals surface area contributed by atoms with E-state index in [2.05, 4.69) is 10.2 Å². The Morgan fingerprint density at radius 2 is 2.04 bits per heavy atom. The summed E-state index contributed by atoms with van der Waals surface area (Å²) >= 11 is 0. The van der Waals surface area contributed by atoms with Crippen LogP contribution in [0.1, 0.15) is 26.2 Å². The zero-order valence-corrected chi connectivity index (χ0v) is 14.9. The minimum Gasteiger partial charge on any atom is -0.491 e. The Morgan fingerprint density at radius 3 is 2.72 bits per heavy atom. The van der Waals surface area contributed by atoms with Crippen molar-refractivity contribution >= 4 is 11.6 Å². The van der Waals surface area contributed by atoms with Gasteiger partial charge in [-0.05, 0) is 55.5 Å². The molecule has 1 amide bonds. The highest BCUT2D eigenvalue weighted by molar-refractivity contribution is 5.88. The predicted octanol–water partition coefficient (Wildman–Crippen LogP) is 1.89. The van der Waals surface area contributed by atoms with Crippen LogP contribution in [-0.4, -0.2) is 61.5 Å². The summed E-state index contributed by atoms with van der Waals surface area (Å²) in [5.41, 5.74) is 1.14. The smallest absolute Gasteiger partial charge is 0.221 e. The van der Waals surface area contributed by atoms with E-state index in [1.54, 1.807) is 24.3 Å². The number of amides is 1. The number of aliphatic hydroxyl groups excluding tert-OH is 1. The number of ether oxygens (including phenoxy) is 2. The van der Waals surface area contributed by atoms with Crippen LogP contribution in [0.3, 0.4) is 0 Å². The maximum Gasteiger partial charge on any atom is 0.221 e. The Morgan fingerprint density at radius 1 is 1.32 bits per heavy atom. The molecule has 1 aromatic rings. The van der Waals surface area contributed by atoms with Gasteiger partial charge in [0, 0.05) is 38.9 Å². The van der Waals surface area contributed by atoms with E-state index < -0.39 is 6.10 Å². The number of aliphatic hydroxyl groups is 1. The minimum atomic E-state index is -0.509. The number of benzene rings is 1. The van der Waals surface area contributed by atoms with E-state index >= 15 is 0 Å². The van der Waals surface area contributed by atoms with E-state index in [9.17, 15) is 9.90 Å². The Balaban J connectivity index is 1.41. The van der Waals surface area contributed by atoms with Crippen LogP contribution in [0.25, 0.3) is 0 Å². The Hall–Kier alpha value is -1.63. The maximum absolute atomic E-state index is 11.0. The number of nitrogens with one attached hydrogen (secondary N) is 1. The van der Waals surface area contributed by atoms with Crippen LogP contribution >= 0.6 is 0 Å². The maximum atomic E-state index is 11.0. The fraction of sp³-hybridized carbons (Fsp3) is 0.632. The summed E-state index contributed by atoms with van der Waals surface area (Å²) in [5.74, 6) is 0.590. The molecule has 3 rings (SSSR count). The van der Waals surface area contributed by atoms with Crippen molar-refractivity contribution in [2.24, 2.45) is 5.41 Å². The number of rotatable bonds is 6. The van der Waals surface area contributed by atoms with E-state index in [1.165, 1.54) is 13.3 Å². The van der Waals surface area contributed by atoms with Gasteiger partial charge >= 0.3 is 0 Å². The van der Waals surface area contributed by atoms with Gasteiger partial charge in [-0.1, -0.05) is 0 Å². The first-order valence-electron chi connectivity index (χ1n) is 9.03. The van der Waals surface area contributed by atoms with Crippen LogP contribution in [0.4, 0.5) is 5.69 Å². The molecule has 2 fully saturated rings. The number of carbonyl (C=O) groups is 1. The number of likely N-dealkylation sites (tertiary alicyclic amines) is 1. The standard InChI is InChI=1S/C19H28N2O4/c1-15(22)20-16-2-4-18(5-3-16)25-13-17(23)12-21-9-6-19(14-21)7-10-24-11-8-19/h2-5,17,23H,6-14H2,1H3,(H,20,22). The average molecular weight is 348 g/mol. The molecule has 0 aliphatic carbocycles. The molecular weight excluding hydrogens is 320 g/mol. The van der Waals surface area contributed by atoms with Gasteiger partial charge in [0.25, 0.3) is 0 Å². The molecule has 2 N–H and O–H groups in total. The molecule has 0 bridgehead atoms. The van der Waals surface area contributed by atoms with Crippen LogP contribution in [0.15, 0.2) is 24.3 Å². The quantitative estimate of drug-likeness (QED) is 0.821. The second-order valence-corrected chi connectivity index (χ2v) is 7.27. The summed E-state index contributed by atoms with van der Waals surface area (Å²) in [4.78, 5) is 13.3. The van der Waals surface area contributed by atoms with Crippen LogP contribution in [-0.2, 0) is 9.53 Å². The molecule has 1 spiro atoms. The molecule has 2 saturated heterocycles. The molecule has 1 unspecified atom stereocenters. The lowest BCUT2D eigenvalue weighted by Gasteiger charge is -2.33. The predicted molar refractivity (Wildman–Crippen MR) is 95.8 cm³/mol. The first-order chi connectivity index (χ1) is 12.0. The third-order valence-electron chi connectivity index (χ3n) is 5.16. The number of β-amino-alcohol motifs (C(OH)–C–C–N with tert-alkyl or cyclic N) is 1. The van der Waals surface area contributed by atoms with Gasteiger partial charge in [-0.3, -0.25) is 4.79 Å². The lowest BCUT2D eigenvalue weighted by atomic mass is 9.80. The van der Waals surface area contributed by atoms with Crippen molar-refractivity contribution in [2.75, 3.05) is 44.8 Å². The molecule has 6 heteroatoms. The molecule has 2 heterocycles. The highest BCUT2D eigenvalue weighted by Gasteiger charge is 2.39. The molecule has 138 valence electrons. The highest BCUT2D eigenvalue weighted by atomic mass is 16.5. The molecule has 0 radical (unpaired) electrons. The zero-order chi connectivity index (χ0) is 17.7. The van der Waals surface area contributed by atoms with Crippen molar-refractivity contribution in [3.63, 3.8) is 0 Å². The number of carbonyl (C=O) groups excluding carboxylic acids is 1. The van der Waals surface area contributed by atoms with Crippen molar-refractivity contribution in [2.45, 2.75) is 32.3 Å². The topological polar surface area (TPSA) is 71.0 Å². The minimum absolute atomic E-state index is 0.1000. The summed E-state index contributed by atoms with van der Waals surface area (Å²) in [6.45, 7) is 6.23. The first kappa shape index (κ1) is 18.2. The average Bonchev–Trinajstić information content (AvgIpc) is 2.96. The van der Waals surface area contributed by atoms with E-state index in [1.807, 2.05) is 0 Å². The van der Waals surface area contributed by atoms with Crippen molar-refractivity contribution in [1.29, 1.82) is 0 Å². The van der Waals surface area contributed by atoms with Gasteiger partial charge in [0.2, 0.25) is 5.91 Å². The van der Waals surface area contributed by atoms with Gasteiger partial charge in [0.1, 0.15) is 18.5 Å². The van der Waals surface area contributed by atoms with Crippen molar-refractivity contribution in [1.82, 2.24) is 4.90 Å². The molecule has 25 heavy (non-hydrogen) atoms. The lowest BCUT2D eigenvalue weighted by molar-refractivity contribution is -0.114. The van der Waals surface area contributed by atoms with Crippen molar-refractivity contribution in [3.05, 3.63) is 24.3 Å². The summed E-state index contributed by atoms with van der Waals surface area (Å²) in [6.07, 6.45) is 2.96. The normalized spacial score (nSPS) is 21.2. The van der Waals surface area contributed by atoms with Gasteiger partial charge < -0.3 is 24.8 Å². The zero-order valence-electron chi connectivity index (χ0n) is 14.9. The first-order valence-corrected chi connectivity index (χ1v) is 9.03. The van der Waals surface area contributed by atoms with Gasteiger partial charge in [-0.25, -0.2) is 0 Å². The summed E-state index contributed by atoms with van der Waals surface area (Å²) in [6, 6.07) is 7.17. The van der Waals surface area contributed by atoms with Gasteiger partial charge in [-0.2, -0.15) is 0 Å². The molecular formula is C19H28N2O4. The molecule has 0 saturated carbocycles. The summed E-state index contributed by atoms with van der Waals surface area (Å²) < 4.78 is 11.1. The number of hydrogen-bond donors (Lipinski definition) is 2. The third-order valence-corrected chi connectivity index (χ3v) is 5.16. The van der Waals surface area contributed by atoms with Gasteiger partial charge in [0.05, 0.1) is 0 Å². The molecule has 0 aromatic heterocycles. The van der Waals surface area contributed by atoms with Crippen molar-refractivity contribution in [3.8, 4) is 5.75 Å². The van der Waals surface area contributed by atoms with Crippen molar-refractivity contribution < 1.29 is 19.4 Å². The van der Waals surface area contributed by atoms with Gasteiger partial charge in [-0.15, -0.1) is 0 Å². The highest BCUT2D eigenvalue weighted by Crippen LogP contribution is 2.39. The van der Waals surface area contributed by atoms with E-state index in [0.29, 0.717) is 17.7 Å². The molecule has 6 nitrogen and oxygen atoms in total. The number of nitrogens with zero attached hydrogens (tertiary/aromatic N) is 1. The van der Waals surface area contributed by atoms with Crippen LogP contribution in [0, 0.1) is 5.41 Å². The molecule has 2 aliphatic rings. The summed E-state index contributed by atoms with van der Waals surface area (Å²) in [5, 5.41) is 13.0. The molecule has 1 atom stereocenters.